The van der Waals surface area contributed by atoms with Crippen LogP contribution in [0.3, 0.4) is 0 Å². The van der Waals surface area contributed by atoms with Gasteiger partial charge in [-0.1, -0.05) is 30.1 Å². The molecular weight excluding hydrogens is 247 g/mol. The van der Waals surface area contributed by atoms with Gasteiger partial charge in [-0.2, -0.15) is 0 Å². The summed E-state index contributed by atoms with van der Waals surface area (Å²) in [6.45, 7) is 3.56. The van der Waals surface area contributed by atoms with Crippen LogP contribution in [0.5, 0.6) is 0 Å². The summed E-state index contributed by atoms with van der Waals surface area (Å²) in [6, 6.07) is 4.68. The highest BCUT2D eigenvalue weighted by Crippen LogP contribution is 2.22. The second-order valence-electron chi connectivity index (χ2n) is 3.80. The van der Waals surface area contributed by atoms with Crippen LogP contribution in [-0.2, 0) is 4.79 Å². The van der Waals surface area contributed by atoms with E-state index in [1.54, 1.807) is 32.0 Å². The fourth-order valence-electron chi connectivity index (χ4n) is 1.12. The lowest BCUT2D eigenvalue weighted by Crippen LogP contribution is -2.34. The summed E-state index contributed by atoms with van der Waals surface area (Å²) in [6.07, 6.45) is 0. The smallest absolute Gasteiger partial charge is 0.228 e. The number of nitrogens with one attached hydrogen (secondary N) is 1. The Morgan fingerprint density at radius 2 is 1.75 bits per heavy atom. The predicted molar refractivity (Wildman–Crippen MR) is 67.9 cm³/mol. The van der Waals surface area contributed by atoms with Gasteiger partial charge in [0.05, 0.1) is 5.92 Å². The zero-order chi connectivity index (χ0) is 12.3. The quantitative estimate of drug-likeness (QED) is 0.878. The lowest BCUT2D eigenvalue weighted by atomic mass is 10.0. The zero-order valence-electron chi connectivity index (χ0n) is 9.13. The molecule has 1 rings (SSSR count). The van der Waals surface area contributed by atoms with Crippen molar-refractivity contribution in [3.63, 3.8) is 0 Å². The van der Waals surface area contributed by atoms with E-state index in [-0.39, 0.29) is 17.9 Å². The number of carbonyl (C=O) groups excluding carboxylic acids is 1. The van der Waals surface area contributed by atoms with E-state index in [1.165, 1.54) is 0 Å². The highest BCUT2D eigenvalue weighted by atomic mass is 35.5. The summed E-state index contributed by atoms with van der Waals surface area (Å²) >= 11 is 11.6. The van der Waals surface area contributed by atoms with Gasteiger partial charge in [0.1, 0.15) is 0 Å². The van der Waals surface area contributed by atoms with Crippen molar-refractivity contribution >= 4 is 34.8 Å². The van der Waals surface area contributed by atoms with Gasteiger partial charge in [-0.05, 0) is 25.1 Å². The molecule has 1 aromatic rings. The molecule has 2 atom stereocenters. The number of rotatable bonds is 3. The van der Waals surface area contributed by atoms with Crippen molar-refractivity contribution in [2.45, 2.75) is 19.9 Å². The number of halogens is 2. The van der Waals surface area contributed by atoms with Crippen molar-refractivity contribution in [2.24, 2.45) is 11.7 Å². The van der Waals surface area contributed by atoms with Crippen LogP contribution in [0.25, 0.3) is 0 Å². The molecule has 88 valence electrons. The lowest BCUT2D eigenvalue weighted by molar-refractivity contribution is -0.119. The summed E-state index contributed by atoms with van der Waals surface area (Å²) in [5, 5.41) is 3.68. The number of benzene rings is 1. The highest BCUT2D eigenvalue weighted by Gasteiger charge is 2.17. The van der Waals surface area contributed by atoms with Gasteiger partial charge < -0.3 is 11.1 Å². The number of carbonyl (C=O) groups is 1. The molecule has 1 aromatic carbocycles. The third-order valence-corrected chi connectivity index (χ3v) is 2.77. The summed E-state index contributed by atoms with van der Waals surface area (Å²) in [5.74, 6) is -0.411. The first-order valence-electron chi connectivity index (χ1n) is 4.92. The molecular formula is C11H14Cl2N2O. The van der Waals surface area contributed by atoms with Crippen LogP contribution in [0.4, 0.5) is 5.69 Å². The lowest BCUT2D eigenvalue weighted by Gasteiger charge is -2.15. The first kappa shape index (κ1) is 13.3. The molecule has 0 radical (unpaired) electrons. The highest BCUT2D eigenvalue weighted by molar-refractivity contribution is 6.35. The van der Waals surface area contributed by atoms with Gasteiger partial charge in [0.15, 0.2) is 0 Å². The molecule has 0 aliphatic rings. The zero-order valence-corrected chi connectivity index (χ0v) is 10.6. The maximum absolute atomic E-state index is 11.7. The first-order chi connectivity index (χ1) is 7.40. The Hall–Kier alpha value is -0.770. The first-order valence-corrected chi connectivity index (χ1v) is 5.68. The predicted octanol–water partition coefficient (Wildman–Crippen LogP) is 2.92. The normalized spacial score (nSPS) is 14.3. The molecule has 5 heteroatoms. The SMILES string of the molecule is CC(N)C(C)C(=O)Nc1cc(Cl)cc(Cl)c1. The van der Waals surface area contributed by atoms with E-state index in [1.807, 2.05) is 0 Å². The van der Waals surface area contributed by atoms with Crippen molar-refractivity contribution in [1.82, 2.24) is 0 Å². The van der Waals surface area contributed by atoms with E-state index in [9.17, 15) is 4.79 Å². The third kappa shape index (κ3) is 3.67. The van der Waals surface area contributed by atoms with E-state index in [2.05, 4.69) is 5.32 Å². The Labute approximate surface area is 105 Å². The molecule has 0 fully saturated rings. The van der Waals surface area contributed by atoms with Crippen molar-refractivity contribution < 1.29 is 4.79 Å². The molecule has 0 aliphatic heterocycles. The second-order valence-corrected chi connectivity index (χ2v) is 4.67. The topological polar surface area (TPSA) is 55.1 Å². The standard InChI is InChI=1S/C11H14Cl2N2O/c1-6(7(2)14)11(16)15-10-4-8(12)3-9(13)5-10/h3-7H,14H2,1-2H3,(H,15,16). The average molecular weight is 261 g/mol. The maximum atomic E-state index is 11.7. The Bertz CT molecular complexity index is 373. The molecule has 0 bridgehead atoms. The molecule has 1 amide bonds. The fraction of sp³-hybridized carbons (Fsp3) is 0.364. The molecule has 2 unspecified atom stereocenters. The largest absolute Gasteiger partial charge is 0.327 e. The maximum Gasteiger partial charge on any atom is 0.228 e. The summed E-state index contributed by atoms with van der Waals surface area (Å²) in [5.41, 5.74) is 6.22. The minimum atomic E-state index is -0.266. The number of nitrogens with two attached hydrogens (primary N) is 1. The van der Waals surface area contributed by atoms with Crippen LogP contribution in [0.15, 0.2) is 18.2 Å². The average Bonchev–Trinajstić information content (AvgIpc) is 2.14. The van der Waals surface area contributed by atoms with Gasteiger partial charge in [0.2, 0.25) is 5.91 Å². The molecule has 0 aliphatic carbocycles. The molecule has 0 heterocycles. The third-order valence-electron chi connectivity index (χ3n) is 2.33. The van der Waals surface area contributed by atoms with E-state index in [0.717, 1.165) is 0 Å². The van der Waals surface area contributed by atoms with Crippen molar-refractivity contribution in [3.8, 4) is 0 Å². The fourth-order valence-corrected chi connectivity index (χ4v) is 1.65. The van der Waals surface area contributed by atoms with Gasteiger partial charge in [-0.25, -0.2) is 0 Å². The molecule has 16 heavy (non-hydrogen) atoms. The second kappa shape index (κ2) is 5.53. The van der Waals surface area contributed by atoms with Gasteiger partial charge >= 0.3 is 0 Å². The number of anilines is 1. The van der Waals surface area contributed by atoms with Gasteiger partial charge in [-0.3, -0.25) is 4.79 Å². The minimum absolute atomic E-state index is 0.145. The van der Waals surface area contributed by atoms with E-state index < -0.39 is 0 Å². The van der Waals surface area contributed by atoms with Crippen LogP contribution in [0, 0.1) is 5.92 Å². The molecule has 0 saturated carbocycles. The summed E-state index contributed by atoms with van der Waals surface area (Å²) in [7, 11) is 0. The van der Waals surface area contributed by atoms with Gasteiger partial charge in [0, 0.05) is 21.8 Å². The molecule has 3 nitrogen and oxygen atoms in total. The van der Waals surface area contributed by atoms with Gasteiger partial charge in [-0.15, -0.1) is 0 Å². The minimum Gasteiger partial charge on any atom is -0.327 e. The summed E-state index contributed by atoms with van der Waals surface area (Å²) < 4.78 is 0. The van der Waals surface area contributed by atoms with E-state index in [4.69, 9.17) is 28.9 Å². The van der Waals surface area contributed by atoms with Crippen LogP contribution < -0.4 is 11.1 Å². The Kier molecular flexibility index (Phi) is 4.59. The monoisotopic (exact) mass is 260 g/mol. The van der Waals surface area contributed by atoms with Gasteiger partial charge in [0.25, 0.3) is 0 Å². The van der Waals surface area contributed by atoms with Crippen LogP contribution in [0.2, 0.25) is 10.0 Å². The van der Waals surface area contributed by atoms with Crippen LogP contribution >= 0.6 is 23.2 Å². The number of hydrogen-bond acceptors (Lipinski definition) is 2. The molecule has 0 aromatic heterocycles. The van der Waals surface area contributed by atoms with Crippen LogP contribution in [0.1, 0.15) is 13.8 Å². The molecule has 3 N–H and O–H groups in total. The Morgan fingerprint density at radius 1 is 1.25 bits per heavy atom. The van der Waals surface area contributed by atoms with Crippen LogP contribution in [-0.4, -0.2) is 11.9 Å². The Balaban J connectivity index is 2.77. The van der Waals surface area contributed by atoms with Crippen molar-refractivity contribution in [1.29, 1.82) is 0 Å². The van der Waals surface area contributed by atoms with E-state index >= 15 is 0 Å². The number of amides is 1. The Morgan fingerprint density at radius 3 is 2.19 bits per heavy atom. The number of hydrogen-bond donors (Lipinski definition) is 2. The van der Waals surface area contributed by atoms with E-state index in [0.29, 0.717) is 15.7 Å². The van der Waals surface area contributed by atoms with Crippen molar-refractivity contribution in [3.05, 3.63) is 28.2 Å². The van der Waals surface area contributed by atoms with Crippen molar-refractivity contribution in [2.75, 3.05) is 5.32 Å². The molecule has 0 saturated heterocycles. The summed E-state index contributed by atoms with van der Waals surface area (Å²) in [4.78, 5) is 11.7. The molecule has 0 spiro atoms.